The molecule has 1 aliphatic heterocycles. The number of hydrogen-bond donors (Lipinski definition) is 1. The van der Waals surface area contributed by atoms with Gasteiger partial charge < -0.3 is 17.3 Å². The molecule has 0 spiro atoms. The molecule has 0 amide bonds. The van der Waals surface area contributed by atoms with Gasteiger partial charge in [0.2, 0.25) is 0 Å². The number of thiophene rings is 1. The molecule has 1 fully saturated rings. The van der Waals surface area contributed by atoms with E-state index < -0.39 is 8.07 Å². The van der Waals surface area contributed by atoms with E-state index in [1.54, 1.807) is 4.50 Å². The molecule has 2 rings (SSSR count). The van der Waals surface area contributed by atoms with Gasteiger partial charge in [0.15, 0.2) is 0 Å². The van der Waals surface area contributed by atoms with Crippen LogP contribution in [0.1, 0.15) is 32.1 Å². The molecule has 1 aromatic heterocycles. The largest absolute Gasteiger partial charge is 1.00 e. The first-order chi connectivity index (χ1) is 8.68. The van der Waals surface area contributed by atoms with Crippen LogP contribution in [0.5, 0.6) is 0 Å². The Hall–Kier alpha value is 0.167. The summed E-state index contributed by atoms with van der Waals surface area (Å²) in [6.07, 6.45) is 7.30. The van der Waals surface area contributed by atoms with E-state index in [-0.39, 0.29) is 12.4 Å². The fraction of sp³-hybridized carbons (Fsp3) is 0.733. The summed E-state index contributed by atoms with van der Waals surface area (Å²) in [5.74, 6) is 0. The summed E-state index contributed by atoms with van der Waals surface area (Å²) in [5.41, 5.74) is 0. The molecular weight excluding hydrogens is 290 g/mol. The SMILES string of the molecule is C[Si](C)(CCC[NH+]1CCCCCC1)c1cccs1.[Cl-]. The Morgan fingerprint density at radius 2 is 1.84 bits per heavy atom. The van der Waals surface area contributed by atoms with Crippen LogP contribution in [0.25, 0.3) is 0 Å². The summed E-state index contributed by atoms with van der Waals surface area (Å²) in [7, 11) is -1.12. The average Bonchev–Trinajstić information content (AvgIpc) is 2.76. The van der Waals surface area contributed by atoms with Gasteiger partial charge >= 0.3 is 0 Å². The molecule has 0 radical (unpaired) electrons. The monoisotopic (exact) mass is 317 g/mol. The number of nitrogens with one attached hydrogen (secondary N) is 1. The first-order valence-corrected chi connectivity index (χ1v) is 11.6. The third-order valence-electron chi connectivity index (χ3n) is 4.33. The van der Waals surface area contributed by atoms with Gasteiger partial charge in [0, 0.05) is 0 Å². The van der Waals surface area contributed by atoms with E-state index in [9.17, 15) is 0 Å². The Labute approximate surface area is 129 Å². The Balaban J connectivity index is 0.00000180. The van der Waals surface area contributed by atoms with Crippen LogP contribution in [0.3, 0.4) is 0 Å². The summed E-state index contributed by atoms with van der Waals surface area (Å²) in [5, 5.41) is 2.24. The molecule has 0 aliphatic carbocycles. The second-order valence-electron chi connectivity index (χ2n) is 6.38. The molecule has 2 heterocycles. The first kappa shape index (κ1) is 17.2. The Morgan fingerprint density at radius 3 is 2.42 bits per heavy atom. The van der Waals surface area contributed by atoms with Crippen LogP contribution in [0, 0.1) is 0 Å². The average molecular weight is 318 g/mol. The smallest absolute Gasteiger partial charge is 0.0936 e. The van der Waals surface area contributed by atoms with E-state index in [0.29, 0.717) is 0 Å². The molecule has 0 aromatic carbocycles. The van der Waals surface area contributed by atoms with Gasteiger partial charge in [-0.15, -0.1) is 0 Å². The van der Waals surface area contributed by atoms with Crippen LogP contribution in [-0.4, -0.2) is 27.7 Å². The van der Waals surface area contributed by atoms with Gasteiger partial charge in [-0.2, -0.15) is 11.3 Å². The van der Waals surface area contributed by atoms with Crippen LogP contribution in [-0.2, 0) is 0 Å². The summed E-state index contributed by atoms with van der Waals surface area (Å²) in [4.78, 5) is 1.88. The van der Waals surface area contributed by atoms with Crippen LogP contribution in [0.4, 0.5) is 0 Å². The van der Waals surface area contributed by atoms with Gasteiger partial charge in [-0.3, -0.25) is 0 Å². The zero-order valence-electron chi connectivity index (χ0n) is 12.4. The molecule has 4 heteroatoms. The van der Waals surface area contributed by atoms with Crippen molar-refractivity contribution in [1.29, 1.82) is 0 Å². The lowest BCUT2D eigenvalue weighted by atomic mass is 10.2. The van der Waals surface area contributed by atoms with Gasteiger partial charge in [-0.05, 0) is 48.0 Å². The van der Waals surface area contributed by atoms with Crippen molar-refractivity contribution in [3.05, 3.63) is 17.5 Å². The van der Waals surface area contributed by atoms with Gasteiger partial charge in [-0.25, -0.2) is 0 Å². The third-order valence-corrected chi connectivity index (χ3v) is 10.1. The van der Waals surface area contributed by atoms with Gasteiger partial charge in [0.25, 0.3) is 0 Å². The lowest BCUT2D eigenvalue weighted by Gasteiger charge is -2.23. The number of rotatable bonds is 5. The fourth-order valence-electron chi connectivity index (χ4n) is 3.05. The summed E-state index contributed by atoms with van der Waals surface area (Å²) >= 11 is 1.97. The maximum absolute atomic E-state index is 2.54. The molecule has 1 aliphatic rings. The first-order valence-electron chi connectivity index (χ1n) is 7.56. The van der Waals surface area contributed by atoms with Gasteiger partial charge in [-0.1, -0.05) is 25.2 Å². The minimum Gasteiger partial charge on any atom is -1.00 e. The highest BCUT2D eigenvalue weighted by atomic mass is 35.5. The van der Waals surface area contributed by atoms with Crippen molar-refractivity contribution in [2.45, 2.75) is 51.2 Å². The molecule has 1 N–H and O–H groups in total. The second-order valence-corrected chi connectivity index (χ2v) is 12.5. The normalized spacial score (nSPS) is 17.8. The maximum atomic E-state index is 2.54. The molecule has 1 aromatic rings. The molecule has 0 atom stereocenters. The van der Waals surface area contributed by atoms with Crippen molar-refractivity contribution < 1.29 is 17.3 Å². The van der Waals surface area contributed by atoms with E-state index in [0.717, 1.165) is 0 Å². The van der Waals surface area contributed by atoms with Gasteiger partial charge in [0.1, 0.15) is 0 Å². The van der Waals surface area contributed by atoms with Crippen molar-refractivity contribution in [2.75, 3.05) is 19.6 Å². The lowest BCUT2D eigenvalue weighted by Crippen LogP contribution is -3.11. The Morgan fingerprint density at radius 1 is 1.16 bits per heavy atom. The van der Waals surface area contributed by atoms with Crippen molar-refractivity contribution in [1.82, 2.24) is 0 Å². The van der Waals surface area contributed by atoms with Crippen molar-refractivity contribution >= 4 is 23.9 Å². The highest BCUT2D eigenvalue weighted by Gasteiger charge is 2.24. The molecule has 1 nitrogen and oxygen atoms in total. The van der Waals surface area contributed by atoms with Crippen LogP contribution >= 0.6 is 11.3 Å². The predicted molar refractivity (Wildman–Crippen MR) is 84.9 cm³/mol. The Kier molecular flexibility index (Phi) is 7.66. The topological polar surface area (TPSA) is 4.44 Å². The van der Waals surface area contributed by atoms with E-state index in [1.165, 1.54) is 57.8 Å². The van der Waals surface area contributed by atoms with E-state index in [2.05, 4.69) is 30.6 Å². The molecule has 0 bridgehead atoms. The second kappa shape index (κ2) is 8.45. The number of likely N-dealkylation sites (tertiary alicyclic amines) is 1. The maximum Gasteiger partial charge on any atom is 0.0936 e. The molecule has 0 saturated carbocycles. The summed E-state index contributed by atoms with van der Waals surface area (Å²) in [6.45, 7) is 9.36. The van der Waals surface area contributed by atoms with Crippen molar-refractivity contribution in [2.24, 2.45) is 0 Å². The molecule has 19 heavy (non-hydrogen) atoms. The number of quaternary nitrogens is 1. The highest BCUT2D eigenvalue weighted by Crippen LogP contribution is 2.14. The third kappa shape index (κ3) is 5.58. The standard InChI is InChI=1S/C15H27NSSi.ClH/c1-18(2,15-9-7-13-17-15)14-8-12-16-10-5-3-4-6-11-16;/h7,9,13H,3-6,8,10-12,14H2,1-2H3;1H. The number of halogens is 1. The minimum atomic E-state index is -1.12. The highest BCUT2D eigenvalue weighted by molar-refractivity contribution is 7.25. The quantitative estimate of drug-likeness (QED) is 0.700. The molecule has 110 valence electrons. The van der Waals surface area contributed by atoms with E-state index in [4.69, 9.17) is 0 Å². The Bertz CT molecular complexity index is 332. The minimum absolute atomic E-state index is 0. The van der Waals surface area contributed by atoms with Crippen LogP contribution in [0.15, 0.2) is 17.5 Å². The van der Waals surface area contributed by atoms with Gasteiger partial charge in [0.05, 0.1) is 27.7 Å². The number of hydrogen-bond acceptors (Lipinski definition) is 1. The van der Waals surface area contributed by atoms with Crippen molar-refractivity contribution in [3.63, 3.8) is 0 Å². The van der Waals surface area contributed by atoms with Crippen LogP contribution < -0.4 is 21.8 Å². The van der Waals surface area contributed by atoms with E-state index >= 15 is 0 Å². The van der Waals surface area contributed by atoms with Crippen LogP contribution in [0.2, 0.25) is 19.1 Å². The summed E-state index contributed by atoms with van der Waals surface area (Å²) < 4.78 is 1.69. The molecule has 1 saturated heterocycles. The molecular formula is C15H28ClNSSi. The molecule has 0 unspecified atom stereocenters. The predicted octanol–water partition coefficient (Wildman–Crippen LogP) is -0.483. The summed E-state index contributed by atoms with van der Waals surface area (Å²) in [6, 6.07) is 6.04. The van der Waals surface area contributed by atoms with E-state index in [1.807, 2.05) is 16.2 Å². The zero-order valence-corrected chi connectivity index (χ0v) is 15.0. The lowest BCUT2D eigenvalue weighted by molar-refractivity contribution is -0.899. The zero-order chi connectivity index (χ0) is 12.8. The van der Waals surface area contributed by atoms with Crippen molar-refractivity contribution in [3.8, 4) is 0 Å². The fourth-order valence-corrected chi connectivity index (χ4v) is 7.15.